The molecule has 0 unspecified atom stereocenters. The van der Waals surface area contributed by atoms with Crippen LogP contribution in [0.5, 0.6) is 0 Å². The van der Waals surface area contributed by atoms with E-state index in [4.69, 9.17) is 0 Å². The van der Waals surface area contributed by atoms with Gasteiger partial charge in [-0.25, -0.2) is 0 Å². The summed E-state index contributed by atoms with van der Waals surface area (Å²) in [5.74, 6) is -0.228. The molecule has 0 saturated heterocycles. The Kier molecular flexibility index (Phi) is 4.57. The zero-order valence-corrected chi connectivity index (χ0v) is 12.1. The van der Waals surface area contributed by atoms with Crippen LogP contribution in [0.2, 0.25) is 0 Å². The third kappa shape index (κ3) is 3.21. The normalized spacial score (nSPS) is 9.76. The number of nitrogens with one attached hydrogen (secondary N) is 2. The second-order valence-corrected chi connectivity index (χ2v) is 4.64. The molecular formula is C17H17N3O. The molecule has 0 fully saturated rings. The maximum atomic E-state index is 12.4. The topological polar surface area (TPSA) is 64.9 Å². The van der Waals surface area contributed by atoms with Crippen molar-refractivity contribution in [2.24, 2.45) is 0 Å². The Morgan fingerprint density at radius 2 is 1.86 bits per heavy atom. The van der Waals surface area contributed by atoms with E-state index in [2.05, 4.69) is 16.7 Å². The first kappa shape index (κ1) is 14.6. The van der Waals surface area contributed by atoms with Gasteiger partial charge in [0.15, 0.2) is 0 Å². The van der Waals surface area contributed by atoms with Crippen LogP contribution in [-0.2, 0) is 0 Å². The van der Waals surface area contributed by atoms with Gasteiger partial charge in [-0.05, 0) is 37.6 Å². The number of carbonyl (C=O) groups is 1. The molecule has 1 amide bonds. The van der Waals surface area contributed by atoms with E-state index in [9.17, 15) is 10.1 Å². The number of anilines is 2. The van der Waals surface area contributed by atoms with Gasteiger partial charge >= 0.3 is 0 Å². The van der Waals surface area contributed by atoms with E-state index in [1.54, 1.807) is 12.1 Å². The van der Waals surface area contributed by atoms with Crippen LogP contribution >= 0.6 is 0 Å². The number of amides is 1. The predicted molar refractivity (Wildman–Crippen MR) is 84.5 cm³/mol. The molecule has 106 valence electrons. The van der Waals surface area contributed by atoms with Crippen molar-refractivity contribution in [1.29, 1.82) is 5.26 Å². The number of aryl methyl sites for hydroxylation is 1. The lowest BCUT2D eigenvalue weighted by molar-refractivity contribution is 0.102. The van der Waals surface area contributed by atoms with E-state index in [0.29, 0.717) is 16.8 Å². The van der Waals surface area contributed by atoms with Gasteiger partial charge in [-0.3, -0.25) is 4.79 Å². The van der Waals surface area contributed by atoms with Gasteiger partial charge in [0, 0.05) is 12.2 Å². The molecule has 0 radical (unpaired) electrons. The lowest BCUT2D eigenvalue weighted by atomic mass is 10.1. The third-order valence-electron chi connectivity index (χ3n) is 3.17. The molecule has 21 heavy (non-hydrogen) atoms. The first-order chi connectivity index (χ1) is 10.2. The first-order valence-electron chi connectivity index (χ1n) is 6.81. The quantitative estimate of drug-likeness (QED) is 0.899. The highest BCUT2D eigenvalue weighted by molar-refractivity contribution is 6.08. The molecule has 0 spiro atoms. The number of carbonyl (C=O) groups excluding carboxylic acids is 1. The van der Waals surface area contributed by atoms with Crippen molar-refractivity contribution >= 4 is 17.3 Å². The number of hydrogen-bond acceptors (Lipinski definition) is 3. The van der Waals surface area contributed by atoms with E-state index in [1.165, 1.54) is 0 Å². The molecule has 2 rings (SSSR count). The minimum absolute atomic E-state index is 0.228. The molecule has 0 saturated carbocycles. The summed E-state index contributed by atoms with van der Waals surface area (Å²) in [6, 6.07) is 14.8. The molecule has 2 N–H and O–H groups in total. The Morgan fingerprint density at radius 3 is 2.57 bits per heavy atom. The fraction of sp³-hybridized carbons (Fsp3) is 0.176. The summed E-state index contributed by atoms with van der Waals surface area (Å²) in [6.07, 6.45) is 0. The first-order valence-corrected chi connectivity index (χ1v) is 6.81. The van der Waals surface area contributed by atoms with Crippen LogP contribution in [0.3, 0.4) is 0 Å². The van der Waals surface area contributed by atoms with Crippen molar-refractivity contribution in [3.63, 3.8) is 0 Å². The average molecular weight is 279 g/mol. The van der Waals surface area contributed by atoms with Crippen LogP contribution < -0.4 is 10.6 Å². The molecule has 0 bridgehead atoms. The lowest BCUT2D eigenvalue weighted by Gasteiger charge is -2.12. The highest BCUT2D eigenvalue weighted by atomic mass is 16.1. The van der Waals surface area contributed by atoms with Crippen molar-refractivity contribution in [2.45, 2.75) is 13.8 Å². The molecule has 0 aliphatic heterocycles. The molecule has 0 aliphatic carbocycles. The van der Waals surface area contributed by atoms with Crippen LogP contribution in [-0.4, -0.2) is 12.5 Å². The average Bonchev–Trinajstić information content (AvgIpc) is 2.48. The minimum atomic E-state index is -0.228. The predicted octanol–water partition coefficient (Wildman–Crippen LogP) is 3.55. The number of hydrogen-bond donors (Lipinski definition) is 2. The second kappa shape index (κ2) is 6.58. The van der Waals surface area contributed by atoms with Gasteiger partial charge in [0.2, 0.25) is 0 Å². The molecule has 4 nitrogen and oxygen atoms in total. The standard InChI is InChI=1S/C17H17N3O/c1-3-19-15-9-5-4-8-13(15)17(21)20-16-10-6-7-12(2)14(16)11-18/h4-10,19H,3H2,1-2H3,(H,20,21). The number of nitriles is 1. The van der Waals surface area contributed by atoms with Crippen LogP contribution in [0.1, 0.15) is 28.4 Å². The maximum absolute atomic E-state index is 12.4. The molecule has 4 heteroatoms. The minimum Gasteiger partial charge on any atom is -0.385 e. The summed E-state index contributed by atoms with van der Waals surface area (Å²) in [4.78, 5) is 12.4. The largest absolute Gasteiger partial charge is 0.385 e. The molecule has 0 atom stereocenters. The van der Waals surface area contributed by atoms with E-state index in [1.807, 2.05) is 44.2 Å². The van der Waals surface area contributed by atoms with Gasteiger partial charge < -0.3 is 10.6 Å². The summed E-state index contributed by atoms with van der Waals surface area (Å²) >= 11 is 0. The van der Waals surface area contributed by atoms with Crippen LogP contribution in [0, 0.1) is 18.3 Å². The van der Waals surface area contributed by atoms with Crippen molar-refractivity contribution in [2.75, 3.05) is 17.2 Å². The van der Waals surface area contributed by atoms with Crippen molar-refractivity contribution < 1.29 is 4.79 Å². The summed E-state index contributed by atoms with van der Waals surface area (Å²) in [6.45, 7) is 4.56. The Morgan fingerprint density at radius 1 is 1.14 bits per heavy atom. The number of benzene rings is 2. The van der Waals surface area contributed by atoms with E-state index in [0.717, 1.165) is 17.8 Å². The summed E-state index contributed by atoms with van der Waals surface area (Å²) < 4.78 is 0. The SMILES string of the molecule is CCNc1ccccc1C(=O)Nc1cccc(C)c1C#N. The molecule has 2 aromatic rings. The molecular weight excluding hydrogens is 262 g/mol. The van der Waals surface area contributed by atoms with Crippen molar-refractivity contribution in [1.82, 2.24) is 0 Å². The maximum Gasteiger partial charge on any atom is 0.257 e. The fourth-order valence-electron chi connectivity index (χ4n) is 2.14. The fourth-order valence-corrected chi connectivity index (χ4v) is 2.14. The van der Waals surface area contributed by atoms with Gasteiger partial charge in [-0.15, -0.1) is 0 Å². The summed E-state index contributed by atoms with van der Waals surface area (Å²) in [7, 11) is 0. The Balaban J connectivity index is 2.31. The number of para-hydroxylation sites is 1. The molecule has 0 heterocycles. The summed E-state index contributed by atoms with van der Waals surface area (Å²) in [5.41, 5.74) is 3.21. The Labute approximate surface area is 124 Å². The van der Waals surface area contributed by atoms with E-state index in [-0.39, 0.29) is 5.91 Å². The number of rotatable bonds is 4. The van der Waals surface area contributed by atoms with Gasteiger partial charge in [-0.1, -0.05) is 24.3 Å². The highest BCUT2D eigenvalue weighted by Crippen LogP contribution is 2.21. The van der Waals surface area contributed by atoms with Crippen LogP contribution in [0.4, 0.5) is 11.4 Å². The molecule has 0 aromatic heterocycles. The van der Waals surface area contributed by atoms with Crippen molar-refractivity contribution in [3.05, 3.63) is 59.2 Å². The van der Waals surface area contributed by atoms with E-state index >= 15 is 0 Å². The zero-order chi connectivity index (χ0) is 15.2. The Bertz CT molecular complexity index is 701. The van der Waals surface area contributed by atoms with Crippen LogP contribution in [0.25, 0.3) is 0 Å². The van der Waals surface area contributed by atoms with Gasteiger partial charge in [0.1, 0.15) is 6.07 Å². The van der Waals surface area contributed by atoms with Crippen molar-refractivity contribution in [3.8, 4) is 6.07 Å². The highest BCUT2D eigenvalue weighted by Gasteiger charge is 2.13. The molecule has 2 aromatic carbocycles. The van der Waals surface area contributed by atoms with Gasteiger partial charge in [-0.2, -0.15) is 5.26 Å². The van der Waals surface area contributed by atoms with E-state index < -0.39 is 0 Å². The summed E-state index contributed by atoms with van der Waals surface area (Å²) in [5, 5.41) is 15.2. The van der Waals surface area contributed by atoms with Gasteiger partial charge in [0.25, 0.3) is 5.91 Å². The molecule has 0 aliphatic rings. The smallest absolute Gasteiger partial charge is 0.257 e. The zero-order valence-electron chi connectivity index (χ0n) is 12.1. The Hall–Kier alpha value is -2.80. The lowest BCUT2D eigenvalue weighted by Crippen LogP contribution is -2.15. The van der Waals surface area contributed by atoms with Crippen LogP contribution in [0.15, 0.2) is 42.5 Å². The second-order valence-electron chi connectivity index (χ2n) is 4.64. The number of nitrogens with zero attached hydrogens (tertiary/aromatic N) is 1. The third-order valence-corrected chi connectivity index (χ3v) is 3.17. The van der Waals surface area contributed by atoms with Gasteiger partial charge in [0.05, 0.1) is 16.8 Å². The monoisotopic (exact) mass is 279 g/mol.